The van der Waals surface area contributed by atoms with Crippen molar-refractivity contribution in [1.29, 1.82) is 0 Å². The van der Waals surface area contributed by atoms with E-state index in [0.717, 1.165) is 45.8 Å². The quantitative estimate of drug-likeness (QED) is 0.428. The highest BCUT2D eigenvalue weighted by Gasteiger charge is 2.29. The maximum absolute atomic E-state index is 12.9. The zero-order valence-electron chi connectivity index (χ0n) is 19.8. The van der Waals surface area contributed by atoms with E-state index in [1.165, 1.54) is 4.68 Å². The maximum Gasteiger partial charge on any atom is 0.268 e. The number of hydrogen-bond acceptors (Lipinski definition) is 6. The number of ether oxygens (including phenoxy) is 1. The van der Waals surface area contributed by atoms with Crippen molar-refractivity contribution in [3.8, 4) is 11.4 Å². The van der Waals surface area contributed by atoms with E-state index < -0.39 is 0 Å². The monoisotopic (exact) mass is 472 g/mol. The standard InChI is InChI=1S/C26H28N6O3/c1-17-4-3-5-22-24(17)30-25(29-22)18-6-8-20(9-7-18)28-26(34)19-10-11-31(16-19)21-14-23(33)32(27-15-21)12-13-35-2/h3-9,14-15,19H,10-13,16H2,1-2H3,(H,28,34)(H,29,30). The lowest BCUT2D eigenvalue weighted by atomic mass is 10.1. The third-order valence-corrected chi connectivity index (χ3v) is 6.43. The predicted octanol–water partition coefficient (Wildman–Crippen LogP) is 3.21. The van der Waals surface area contributed by atoms with Crippen molar-refractivity contribution in [2.24, 2.45) is 5.92 Å². The van der Waals surface area contributed by atoms with Crippen LogP contribution in [0.4, 0.5) is 11.4 Å². The van der Waals surface area contributed by atoms with E-state index in [4.69, 9.17) is 9.72 Å². The van der Waals surface area contributed by atoms with Gasteiger partial charge in [0.05, 0.1) is 42.0 Å². The number of rotatable bonds is 7. The molecule has 1 fully saturated rings. The Kier molecular flexibility index (Phi) is 6.33. The SMILES string of the molecule is COCCn1ncc(N2CCC(C(=O)Nc3ccc(-c4nc5c(C)cccc5[nH]4)cc3)C2)cc1=O. The molecule has 1 aliphatic rings. The van der Waals surface area contributed by atoms with Gasteiger partial charge in [0.2, 0.25) is 5.91 Å². The minimum absolute atomic E-state index is 0.0268. The zero-order valence-corrected chi connectivity index (χ0v) is 19.8. The number of carbonyl (C=O) groups is 1. The van der Waals surface area contributed by atoms with Crippen LogP contribution in [-0.4, -0.2) is 52.5 Å². The summed E-state index contributed by atoms with van der Waals surface area (Å²) in [5.74, 6) is 0.612. The van der Waals surface area contributed by atoms with Crippen LogP contribution >= 0.6 is 0 Å². The Balaban J connectivity index is 1.21. The largest absolute Gasteiger partial charge is 0.383 e. The van der Waals surface area contributed by atoms with Gasteiger partial charge in [0.15, 0.2) is 0 Å². The van der Waals surface area contributed by atoms with Crippen LogP contribution in [0.25, 0.3) is 22.4 Å². The first-order valence-electron chi connectivity index (χ1n) is 11.7. The number of imidazole rings is 1. The number of aromatic nitrogens is 4. The molecule has 0 aliphatic carbocycles. The molecule has 3 heterocycles. The molecule has 180 valence electrons. The van der Waals surface area contributed by atoms with E-state index >= 15 is 0 Å². The number of benzene rings is 2. The number of aromatic amines is 1. The van der Waals surface area contributed by atoms with Gasteiger partial charge in [0, 0.05) is 37.5 Å². The van der Waals surface area contributed by atoms with Gasteiger partial charge in [-0.15, -0.1) is 0 Å². The van der Waals surface area contributed by atoms with Gasteiger partial charge in [-0.2, -0.15) is 5.10 Å². The fraction of sp³-hybridized carbons (Fsp3) is 0.308. The number of amides is 1. The average molecular weight is 473 g/mol. The summed E-state index contributed by atoms with van der Waals surface area (Å²) in [6.07, 6.45) is 2.39. The molecule has 2 N–H and O–H groups in total. The van der Waals surface area contributed by atoms with E-state index in [0.29, 0.717) is 26.2 Å². The molecule has 1 atom stereocenters. The van der Waals surface area contributed by atoms with Crippen LogP contribution in [0.1, 0.15) is 12.0 Å². The van der Waals surface area contributed by atoms with Gasteiger partial charge in [-0.05, 0) is 49.2 Å². The molecule has 0 spiro atoms. The zero-order chi connectivity index (χ0) is 24.4. The van der Waals surface area contributed by atoms with Crippen molar-refractivity contribution in [3.63, 3.8) is 0 Å². The summed E-state index contributed by atoms with van der Waals surface area (Å²) >= 11 is 0. The number of hydrogen-bond donors (Lipinski definition) is 2. The van der Waals surface area contributed by atoms with Crippen molar-refractivity contribution in [3.05, 3.63) is 70.6 Å². The van der Waals surface area contributed by atoms with Crippen molar-refractivity contribution in [2.45, 2.75) is 19.9 Å². The predicted molar refractivity (Wildman–Crippen MR) is 136 cm³/mol. The van der Waals surface area contributed by atoms with Crippen LogP contribution in [0.15, 0.2) is 59.5 Å². The van der Waals surface area contributed by atoms with E-state index in [1.807, 2.05) is 54.3 Å². The molecule has 9 heteroatoms. The van der Waals surface area contributed by atoms with Crippen LogP contribution in [0.2, 0.25) is 0 Å². The summed E-state index contributed by atoms with van der Waals surface area (Å²) in [6, 6.07) is 15.3. The lowest BCUT2D eigenvalue weighted by Gasteiger charge is -2.18. The van der Waals surface area contributed by atoms with Crippen LogP contribution < -0.4 is 15.8 Å². The molecule has 2 aromatic heterocycles. The summed E-state index contributed by atoms with van der Waals surface area (Å²) in [7, 11) is 1.59. The first kappa shape index (κ1) is 22.8. The number of para-hydroxylation sites is 1. The van der Waals surface area contributed by atoms with Crippen molar-refractivity contribution in [1.82, 2.24) is 19.7 Å². The molecule has 2 aromatic carbocycles. The molecule has 1 unspecified atom stereocenters. The lowest BCUT2D eigenvalue weighted by molar-refractivity contribution is -0.119. The van der Waals surface area contributed by atoms with Gasteiger partial charge in [0.1, 0.15) is 5.82 Å². The second-order valence-electron chi connectivity index (χ2n) is 8.82. The van der Waals surface area contributed by atoms with Crippen molar-refractivity contribution < 1.29 is 9.53 Å². The van der Waals surface area contributed by atoms with Gasteiger partial charge in [-0.1, -0.05) is 12.1 Å². The summed E-state index contributed by atoms with van der Waals surface area (Å²) in [5, 5.41) is 7.25. The molecule has 1 saturated heterocycles. The lowest BCUT2D eigenvalue weighted by Crippen LogP contribution is -2.29. The molecule has 0 bridgehead atoms. The van der Waals surface area contributed by atoms with E-state index in [9.17, 15) is 9.59 Å². The third kappa shape index (κ3) is 4.81. The fourth-order valence-electron chi connectivity index (χ4n) is 4.42. The highest BCUT2D eigenvalue weighted by Crippen LogP contribution is 2.26. The Labute approximate surface area is 202 Å². The molecule has 0 saturated carbocycles. The molecule has 1 amide bonds. The van der Waals surface area contributed by atoms with Gasteiger partial charge >= 0.3 is 0 Å². The number of anilines is 2. The number of aryl methyl sites for hydroxylation is 1. The molecule has 1 aliphatic heterocycles. The molecule has 5 rings (SSSR count). The number of nitrogens with one attached hydrogen (secondary N) is 2. The summed E-state index contributed by atoms with van der Waals surface area (Å²) in [5.41, 5.74) is 5.36. The number of methoxy groups -OCH3 is 1. The number of fused-ring (bicyclic) bond motifs is 1. The van der Waals surface area contributed by atoms with E-state index in [-0.39, 0.29) is 17.4 Å². The summed E-state index contributed by atoms with van der Waals surface area (Å²) in [6.45, 7) is 4.13. The second-order valence-corrected chi connectivity index (χ2v) is 8.82. The van der Waals surface area contributed by atoms with Crippen LogP contribution in [0, 0.1) is 12.8 Å². The molecular formula is C26H28N6O3. The summed E-state index contributed by atoms with van der Waals surface area (Å²) in [4.78, 5) is 35.3. The molecular weight excluding hydrogens is 444 g/mol. The fourth-order valence-corrected chi connectivity index (χ4v) is 4.42. The third-order valence-electron chi connectivity index (χ3n) is 6.43. The molecule has 0 radical (unpaired) electrons. The smallest absolute Gasteiger partial charge is 0.268 e. The molecule has 9 nitrogen and oxygen atoms in total. The Bertz CT molecular complexity index is 1410. The van der Waals surface area contributed by atoms with Crippen LogP contribution in [0.5, 0.6) is 0 Å². The van der Waals surface area contributed by atoms with Crippen LogP contribution in [-0.2, 0) is 16.1 Å². The normalized spacial score (nSPS) is 15.6. The van der Waals surface area contributed by atoms with Gasteiger partial charge in [0.25, 0.3) is 5.56 Å². The minimum atomic E-state index is -0.174. The van der Waals surface area contributed by atoms with Gasteiger partial charge in [-0.3, -0.25) is 9.59 Å². The van der Waals surface area contributed by atoms with Crippen LogP contribution in [0.3, 0.4) is 0 Å². The van der Waals surface area contributed by atoms with Crippen molar-refractivity contribution in [2.75, 3.05) is 37.0 Å². The van der Waals surface area contributed by atoms with Crippen molar-refractivity contribution >= 4 is 28.3 Å². The Morgan fingerprint density at radius 1 is 1.23 bits per heavy atom. The number of carbonyl (C=O) groups excluding carboxylic acids is 1. The highest BCUT2D eigenvalue weighted by atomic mass is 16.5. The molecule has 4 aromatic rings. The number of nitrogens with zero attached hydrogens (tertiary/aromatic N) is 4. The van der Waals surface area contributed by atoms with Gasteiger partial charge < -0.3 is 19.9 Å². The highest BCUT2D eigenvalue weighted by molar-refractivity contribution is 5.93. The average Bonchev–Trinajstić information content (AvgIpc) is 3.52. The van der Waals surface area contributed by atoms with Gasteiger partial charge in [-0.25, -0.2) is 9.67 Å². The Morgan fingerprint density at radius 2 is 2.06 bits per heavy atom. The second kappa shape index (κ2) is 9.71. The number of H-pyrrole nitrogens is 1. The minimum Gasteiger partial charge on any atom is -0.383 e. The molecule has 35 heavy (non-hydrogen) atoms. The van der Waals surface area contributed by atoms with E-state index in [2.05, 4.69) is 15.4 Å². The Hall–Kier alpha value is -3.98. The maximum atomic E-state index is 12.9. The topological polar surface area (TPSA) is 105 Å². The first-order valence-corrected chi connectivity index (χ1v) is 11.7. The summed E-state index contributed by atoms with van der Waals surface area (Å²) < 4.78 is 6.38. The van der Waals surface area contributed by atoms with E-state index in [1.54, 1.807) is 19.4 Å². The first-order chi connectivity index (χ1) is 17.0. The Morgan fingerprint density at radius 3 is 2.80 bits per heavy atom.